The zero-order valence-corrected chi connectivity index (χ0v) is 18.6. The highest BCUT2D eigenvalue weighted by atomic mass is 16.5. The summed E-state index contributed by atoms with van der Waals surface area (Å²) < 4.78 is 10.4. The van der Waals surface area contributed by atoms with Crippen LogP contribution in [0.2, 0.25) is 0 Å². The Morgan fingerprint density at radius 3 is 2.59 bits per heavy atom. The third-order valence-corrected chi connectivity index (χ3v) is 5.63. The Morgan fingerprint density at radius 2 is 1.91 bits per heavy atom. The molecule has 11 nitrogen and oxygen atoms in total. The minimum Gasteiger partial charge on any atom is -0.497 e. The van der Waals surface area contributed by atoms with E-state index in [2.05, 4.69) is 15.3 Å². The average Bonchev–Trinajstić information content (AvgIpc) is 2.87. The molecule has 1 saturated heterocycles. The first-order valence-electron chi connectivity index (χ1n) is 10.8. The number of benzene rings is 1. The zero-order chi connectivity index (χ0) is 24.1. The van der Waals surface area contributed by atoms with Gasteiger partial charge in [0.1, 0.15) is 17.4 Å². The van der Waals surface area contributed by atoms with Crippen LogP contribution < -0.4 is 20.6 Å². The third-order valence-electron chi connectivity index (χ3n) is 5.63. The fourth-order valence-electron chi connectivity index (χ4n) is 3.89. The van der Waals surface area contributed by atoms with E-state index in [4.69, 9.17) is 9.15 Å². The molecule has 1 aromatic carbocycles. The van der Waals surface area contributed by atoms with Gasteiger partial charge in [0.2, 0.25) is 17.8 Å². The Hall–Kier alpha value is -3.99. The highest BCUT2D eigenvalue weighted by Crippen LogP contribution is 2.23. The number of piperazine rings is 1. The topological polar surface area (TPSA) is 138 Å². The van der Waals surface area contributed by atoms with Gasteiger partial charge >= 0.3 is 5.63 Å². The van der Waals surface area contributed by atoms with Gasteiger partial charge in [-0.25, -0.2) is 14.8 Å². The van der Waals surface area contributed by atoms with E-state index in [-0.39, 0.29) is 12.3 Å². The number of amides is 2. The molecule has 0 aliphatic carbocycles. The first-order chi connectivity index (χ1) is 16.5. The molecular weight excluding hydrogens is 442 g/mol. The van der Waals surface area contributed by atoms with Gasteiger partial charge in [0.05, 0.1) is 20.1 Å². The van der Waals surface area contributed by atoms with Crippen LogP contribution in [-0.4, -0.2) is 77.7 Å². The lowest BCUT2D eigenvalue weighted by Crippen LogP contribution is -2.56. The summed E-state index contributed by atoms with van der Waals surface area (Å²) in [6.45, 7) is 1.36. The molecule has 2 aromatic heterocycles. The van der Waals surface area contributed by atoms with Gasteiger partial charge in [-0.15, -0.1) is 0 Å². The van der Waals surface area contributed by atoms with Crippen molar-refractivity contribution in [2.75, 3.05) is 44.8 Å². The van der Waals surface area contributed by atoms with Crippen LogP contribution in [0.4, 0.5) is 5.95 Å². The summed E-state index contributed by atoms with van der Waals surface area (Å²) in [4.78, 5) is 49.6. The van der Waals surface area contributed by atoms with Crippen molar-refractivity contribution in [3.63, 3.8) is 0 Å². The van der Waals surface area contributed by atoms with E-state index in [0.29, 0.717) is 54.4 Å². The number of anilines is 1. The SMILES string of the molecule is COc1ccc2c(CC(=O)NC(CO)C(=O)N3CCN(c4ncccn4)CC3)cc(=O)oc2c1. The maximum absolute atomic E-state index is 12.9. The van der Waals surface area contributed by atoms with Crippen molar-refractivity contribution in [3.05, 3.63) is 58.7 Å². The molecule has 178 valence electrons. The van der Waals surface area contributed by atoms with Crippen LogP contribution in [0, 0.1) is 0 Å². The predicted molar refractivity (Wildman–Crippen MR) is 123 cm³/mol. The second kappa shape index (κ2) is 10.3. The first-order valence-corrected chi connectivity index (χ1v) is 10.8. The van der Waals surface area contributed by atoms with Gasteiger partial charge in [0.15, 0.2) is 0 Å². The van der Waals surface area contributed by atoms with Gasteiger partial charge in [0.25, 0.3) is 0 Å². The van der Waals surface area contributed by atoms with E-state index in [1.807, 2.05) is 4.90 Å². The standard InChI is InChI=1S/C23H25N5O6/c1-33-16-3-4-17-15(12-21(31)34-19(17)13-16)11-20(30)26-18(14-29)22(32)27-7-9-28(10-8-27)23-24-5-2-6-25-23/h2-6,12-13,18,29H,7-11,14H2,1H3,(H,26,30). The normalized spacial score (nSPS) is 14.6. The smallest absolute Gasteiger partial charge is 0.336 e. The fraction of sp³-hybridized carbons (Fsp3) is 0.348. The van der Waals surface area contributed by atoms with E-state index in [9.17, 15) is 19.5 Å². The molecule has 1 atom stereocenters. The van der Waals surface area contributed by atoms with Crippen LogP contribution in [0.3, 0.4) is 0 Å². The molecule has 0 bridgehead atoms. The van der Waals surface area contributed by atoms with Crippen molar-refractivity contribution in [1.29, 1.82) is 0 Å². The number of carbonyl (C=O) groups excluding carboxylic acids is 2. The lowest BCUT2D eigenvalue weighted by Gasteiger charge is -2.36. The summed E-state index contributed by atoms with van der Waals surface area (Å²) in [6, 6.07) is 6.86. The lowest BCUT2D eigenvalue weighted by atomic mass is 10.1. The van der Waals surface area contributed by atoms with Gasteiger partial charge in [-0.05, 0) is 23.8 Å². The predicted octanol–water partition coefficient (Wildman–Crippen LogP) is -0.0400. The zero-order valence-electron chi connectivity index (χ0n) is 18.6. The van der Waals surface area contributed by atoms with E-state index >= 15 is 0 Å². The first kappa shape index (κ1) is 23.2. The highest BCUT2D eigenvalue weighted by molar-refractivity contribution is 5.91. The Bertz CT molecular complexity index is 1220. The molecule has 2 amide bonds. The van der Waals surface area contributed by atoms with Gasteiger partial charge in [-0.2, -0.15) is 0 Å². The minimum absolute atomic E-state index is 0.155. The molecule has 1 unspecified atom stereocenters. The highest BCUT2D eigenvalue weighted by Gasteiger charge is 2.29. The van der Waals surface area contributed by atoms with Gasteiger partial charge in [-0.1, -0.05) is 0 Å². The van der Waals surface area contributed by atoms with Crippen LogP contribution in [0.25, 0.3) is 11.0 Å². The maximum Gasteiger partial charge on any atom is 0.336 e. The molecule has 0 saturated carbocycles. The number of hydrogen-bond acceptors (Lipinski definition) is 9. The maximum atomic E-state index is 12.9. The van der Waals surface area contributed by atoms with Crippen LogP contribution in [0.15, 0.2) is 51.9 Å². The quantitative estimate of drug-likeness (QED) is 0.458. The molecule has 4 rings (SSSR count). The van der Waals surface area contributed by atoms with Crippen LogP contribution >= 0.6 is 0 Å². The number of carbonyl (C=O) groups is 2. The second-order valence-electron chi connectivity index (χ2n) is 7.79. The van der Waals surface area contributed by atoms with Gasteiger partial charge < -0.3 is 29.4 Å². The van der Waals surface area contributed by atoms with E-state index < -0.39 is 24.2 Å². The van der Waals surface area contributed by atoms with Crippen LogP contribution in [0.5, 0.6) is 5.75 Å². The number of aliphatic hydroxyl groups excluding tert-OH is 1. The Labute approximate surface area is 195 Å². The molecule has 0 radical (unpaired) electrons. The number of aromatic nitrogens is 2. The largest absolute Gasteiger partial charge is 0.497 e. The molecule has 2 N–H and O–H groups in total. The molecule has 11 heteroatoms. The number of rotatable bonds is 7. The van der Waals surface area contributed by atoms with E-state index in [1.165, 1.54) is 13.2 Å². The summed E-state index contributed by atoms with van der Waals surface area (Å²) in [5.41, 5.74) is 0.148. The monoisotopic (exact) mass is 467 g/mol. The lowest BCUT2D eigenvalue weighted by molar-refractivity contribution is -0.137. The number of fused-ring (bicyclic) bond motifs is 1. The van der Waals surface area contributed by atoms with Crippen molar-refractivity contribution in [2.24, 2.45) is 0 Å². The third kappa shape index (κ3) is 5.15. The van der Waals surface area contributed by atoms with Crippen molar-refractivity contribution in [1.82, 2.24) is 20.2 Å². The molecule has 1 fully saturated rings. The summed E-state index contributed by atoms with van der Waals surface area (Å²) in [5.74, 6) is 0.249. The summed E-state index contributed by atoms with van der Waals surface area (Å²) in [7, 11) is 1.50. The molecule has 1 aliphatic rings. The summed E-state index contributed by atoms with van der Waals surface area (Å²) in [6.07, 6.45) is 3.17. The Morgan fingerprint density at radius 1 is 1.18 bits per heavy atom. The van der Waals surface area contributed by atoms with Crippen LogP contribution in [-0.2, 0) is 16.0 Å². The van der Waals surface area contributed by atoms with Crippen molar-refractivity contribution in [3.8, 4) is 5.75 Å². The van der Waals surface area contributed by atoms with Gasteiger partial charge in [-0.3, -0.25) is 9.59 Å². The number of nitrogens with one attached hydrogen (secondary N) is 1. The molecule has 0 spiro atoms. The molecule has 3 aromatic rings. The fourth-order valence-corrected chi connectivity index (χ4v) is 3.89. The number of hydrogen-bond donors (Lipinski definition) is 2. The minimum atomic E-state index is -1.08. The Kier molecular flexibility index (Phi) is 7.02. The molecular formula is C23H25N5O6. The molecule has 3 heterocycles. The molecule has 34 heavy (non-hydrogen) atoms. The van der Waals surface area contributed by atoms with Crippen molar-refractivity contribution < 1.29 is 23.8 Å². The Balaban J connectivity index is 1.39. The average molecular weight is 467 g/mol. The number of methoxy groups -OCH3 is 1. The van der Waals surface area contributed by atoms with Crippen molar-refractivity contribution in [2.45, 2.75) is 12.5 Å². The van der Waals surface area contributed by atoms with Crippen LogP contribution in [0.1, 0.15) is 5.56 Å². The summed E-state index contributed by atoms with van der Waals surface area (Å²) in [5, 5.41) is 12.9. The van der Waals surface area contributed by atoms with E-state index in [1.54, 1.807) is 41.6 Å². The molecule has 1 aliphatic heterocycles. The second-order valence-corrected chi connectivity index (χ2v) is 7.79. The number of nitrogens with zero attached hydrogens (tertiary/aromatic N) is 4. The van der Waals surface area contributed by atoms with Crippen molar-refractivity contribution >= 4 is 28.7 Å². The summed E-state index contributed by atoms with van der Waals surface area (Å²) >= 11 is 0. The number of ether oxygens (including phenoxy) is 1. The van der Waals surface area contributed by atoms with Gasteiger partial charge in [0, 0.05) is 56.1 Å². The number of aliphatic hydroxyl groups is 1. The van der Waals surface area contributed by atoms with E-state index in [0.717, 1.165) is 0 Å².